The molecular formula is C13H20O3. The van der Waals surface area contributed by atoms with Gasteiger partial charge in [0.1, 0.15) is 11.5 Å². The fourth-order valence-corrected chi connectivity index (χ4v) is 1.84. The van der Waals surface area contributed by atoms with E-state index in [1.807, 2.05) is 0 Å². The summed E-state index contributed by atoms with van der Waals surface area (Å²) in [5.41, 5.74) is 2.88. The highest BCUT2D eigenvalue weighted by Crippen LogP contribution is 2.36. The van der Waals surface area contributed by atoms with E-state index in [4.69, 9.17) is 0 Å². The molecule has 0 aliphatic carbocycles. The number of phenols is 2. The van der Waals surface area contributed by atoms with Crippen LogP contribution in [0.2, 0.25) is 0 Å². The fraction of sp³-hybridized carbons (Fsp3) is 0.538. The SMILES string of the molecule is Cc1c(C)c(O)c(CCC(C)O)c(C)c1O. The van der Waals surface area contributed by atoms with Crippen molar-refractivity contribution in [3.05, 3.63) is 22.3 Å². The van der Waals surface area contributed by atoms with Crippen LogP contribution >= 0.6 is 0 Å². The van der Waals surface area contributed by atoms with Crippen molar-refractivity contribution in [1.82, 2.24) is 0 Å². The Balaban J connectivity index is 3.18. The Hall–Kier alpha value is -1.22. The van der Waals surface area contributed by atoms with Gasteiger partial charge in [0.05, 0.1) is 6.10 Å². The highest BCUT2D eigenvalue weighted by molar-refractivity contribution is 5.56. The number of rotatable bonds is 3. The average Bonchev–Trinajstić information content (AvgIpc) is 2.23. The quantitative estimate of drug-likeness (QED) is 0.691. The average molecular weight is 224 g/mol. The van der Waals surface area contributed by atoms with Crippen LogP contribution in [0.4, 0.5) is 0 Å². The first-order valence-corrected chi connectivity index (χ1v) is 5.54. The molecule has 1 atom stereocenters. The summed E-state index contributed by atoms with van der Waals surface area (Å²) in [6.45, 7) is 7.08. The van der Waals surface area contributed by atoms with Crippen LogP contribution in [-0.4, -0.2) is 21.4 Å². The lowest BCUT2D eigenvalue weighted by Gasteiger charge is -2.16. The van der Waals surface area contributed by atoms with Gasteiger partial charge in [-0.05, 0) is 57.2 Å². The van der Waals surface area contributed by atoms with Crippen molar-refractivity contribution in [1.29, 1.82) is 0 Å². The van der Waals surface area contributed by atoms with Crippen LogP contribution in [0.1, 0.15) is 35.6 Å². The third-order valence-corrected chi connectivity index (χ3v) is 3.18. The molecule has 0 heterocycles. The van der Waals surface area contributed by atoms with Crippen molar-refractivity contribution < 1.29 is 15.3 Å². The highest BCUT2D eigenvalue weighted by Gasteiger charge is 2.16. The van der Waals surface area contributed by atoms with Crippen molar-refractivity contribution in [2.24, 2.45) is 0 Å². The zero-order valence-electron chi connectivity index (χ0n) is 10.3. The maximum absolute atomic E-state index is 10.0. The monoisotopic (exact) mass is 224 g/mol. The van der Waals surface area contributed by atoms with E-state index in [0.29, 0.717) is 24.0 Å². The molecule has 0 aliphatic rings. The lowest BCUT2D eigenvalue weighted by atomic mass is 9.94. The van der Waals surface area contributed by atoms with Gasteiger partial charge >= 0.3 is 0 Å². The molecule has 0 aliphatic heterocycles. The Kier molecular flexibility index (Phi) is 3.81. The number of aliphatic hydroxyl groups excluding tert-OH is 1. The molecular weight excluding hydrogens is 204 g/mol. The minimum absolute atomic E-state index is 0.244. The zero-order valence-corrected chi connectivity index (χ0v) is 10.3. The second-order valence-electron chi connectivity index (χ2n) is 4.44. The largest absolute Gasteiger partial charge is 0.507 e. The molecule has 1 aromatic carbocycles. The minimum atomic E-state index is -0.400. The van der Waals surface area contributed by atoms with Crippen molar-refractivity contribution >= 4 is 0 Å². The number of aromatic hydroxyl groups is 2. The van der Waals surface area contributed by atoms with E-state index in [1.54, 1.807) is 27.7 Å². The summed E-state index contributed by atoms with van der Waals surface area (Å²) in [7, 11) is 0. The summed E-state index contributed by atoms with van der Waals surface area (Å²) in [6, 6.07) is 0. The molecule has 3 N–H and O–H groups in total. The van der Waals surface area contributed by atoms with Gasteiger partial charge in [-0.2, -0.15) is 0 Å². The second kappa shape index (κ2) is 4.74. The molecule has 90 valence electrons. The Morgan fingerprint density at radius 3 is 1.94 bits per heavy atom. The first-order valence-electron chi connectivity index (χ1n) is 5.54. The van der Waals surface area contributed by atoms with Gasteiger partial charge in [-0.3, -0.25) is 0 Å². The van der Waals surface area contributed by atoms with Crippen molar-refractivity contribution in [3.63, 3.8) is 0 Å². The topological polar surface area (TPSA) is 60.7 Å². The summed E-state index contributed by atoms with van der Waals surface area (Å²) in [4.78, 5) is 0. The van der Waals surface area contributed by atoms with Crippen LogP contribution in [0.15, 0.2) is 0 Å². The maximum atomic E-state index is 10.0. The van der Waals surface area contributed by atoms with Gasteiger partial charge < -0.3 is 15.3 Å². The van der Waals surface area contributed by atoms with E-state index < -0.39 is 6.10 Å². The zero-order chi connectivity index (χ0) is 12.5. The number of hydrogen-bond acceptors (Lipinski definition) is 3. The second-order valence-corrected chi connectivity index (χ2v) is 4.44. The molecule has 16 heavy (non-hydrogen) atoms. The Morgan fingerprint density at radius 2 is 1.44 bits per heavy atom. The van der Waals surface area contributed by atoms with E-state index in [0.717, 1.165) is 11.1 Å². The smallest absolute Gasteiger partial charge is 0.122 e. The lowest BCUT2D eigenvalue weighted by Crippen LogP contribution is -2.04. The van der Waals surface area contributed by atoms with Gasteiger partial charge in [0.2, 0.25) is 0 Å². The first kappa shape index (κ1) is 12.8. The highest BCUT2D eigenvalue weighted by atomic mass is 16.3. The van der Waals surface area contributed by atoms with E-state index in [1.165, 1.54) is 0 Å². The van der Waals surface area contributed by atoms with E-state index >= 15 is 0 Å². The molecule has 0 bridgehead atoms. The third kappa shape index (κ3) is 2.30. The van der Waals surface area contributed by atoms with Gasteiger partial charge in [0, 0.05) is 5.56 Å². The predicted octanol–water partition coefficient (Wildman–Crippen LogP) is 2.34. The summed E-state index contributed by atoms with van der Waals surface area (Å²) >= 11 is 0. The standard InChI is InChI=1S/C13H20O3/c1-7(14)5-6-11-10(4)12(15)8(2)9(3)13(11)16/h7,14-16H,5-6H2,1-4H3. The summed E-state index contributed by atoms with van der Waals surface area (Å²) in [5.74, 6) is 0.490. The lowest BCUT2D eigenvalue weighted by molar-refractivity contribution is 0.184. The van der Waals surface area contributed by atoms with E-state index in [-0.39, 0.29) is 11.5 Å². The molecule has 0 saturated carbocycles. The van der Waals surface area contributed by atoms with Crippen molar-refractivity contribution in [2.45, 2.75) is 46.6 Å². The van der Waals surface area contributed by atoms with Crippen LogP contribution in [0.3, 0.4) is 0 Å². The predicted molar refractivity (Wildman–Crippen MR) is 64.0 cm³/mol. The first-order chi connectivity index (χ1) is 7.36. The summed E-state index contributed by atoms with van der Waals surface area (Å²) in [5, 5.41) is 29.1. The number of hydrogen-bond donors (Lipinski definition) is 3. The van der Waals surface area contributed by atoms with Gasteiger partial charge in [0.15, 0.2) is 0 Å². The molecule has 0 radical (unpaired) electrons. The molecule has 3 heteroatoms. The molecule has 0 spiro atoms. The van der Waals surface area contributed by atoms with Crippen LogP contribution in [-0.2, 0) is 6.42 Å². The Bertz CT molecular complexity index is 366. The van der Waals surface area contributed by atoms with Crippen molar-refractivity contribution in [2.75, 3.05) is 0 Å². The molecule has 0 fully saturated rings. The molecule has 1 unspecified atom stereocenters. The van der Waals surface area contributed by atoms with Gasteiger partial charge in [-0.1, -0.05) is 0 Å². The normalized spacial score (nSPS) is 12.8. The number of phenolic OH excluding ortho intramolecular Hbond substituents is 2. The van der Waals surface area contributed by atoms with Gasteiger partial charge in [0.25, 0.3) is 0 Å². The van der Waals surface area contributed by atoms with Crippen LogP contribution in [0, 0.1) is 20.8 Å². The Morgan fingerprint density at radius 1 is 0.938 bits per heavy atom. The molecule has 0 saturated heterocycles. The minimum Gasteiger partial charge on any atom is -0.507 e. The molecule has 1 aromatic rings. The van der Waals surface area contributed by atoms with Crippen LogP contribution in [0.25, 0.3) is 0 Å². The summed E-state index contributed by atoms with van der Waals surface area (Å²) < 4.78 is 0. The molecule has 0 aromatic heterocycles. The summed E-state index contributed by atoms with van der Waals surface area (Å²) in [6.07, 6.45) is 0.753. The van der Waals surface area contributed by atoms with Crippen LogP contribution < -0.4 is 0 Å². The molecule has 0 amide bonds. The molecule has 3 nitrogen and oxygen atoms in total. The Labute approximate surface area is 96.4 Å². The van der Waals surface area contributed by atoms with Gasteiger partial charge in [-0.25, -0.2) is 0 Å². The van der Waals surface area contributed by atoms with Gasteiger partial charge in [-0.15, -0.1) is 0 Å². The van der Waals surface area contributed by atoms with Crippen LogP contribution in [0.5, 0.6) is 11.5 Å². The van der Waals surface area contributed by atoms with E-state index in [2.05, 4.69) is 0 Å². The number of aliphatic hydroxyl groups is 1. The maximum Gasteiger partial charge on any atom is 0.122 e. The number of benzene rings is 1. The van der Waals surface area contributed by atoms with E-state index in [9.17, 15) is 15.3 Å². The van der Waals surface area contributed by atoms with Crippen molar-refractivity contribution in [3.8, 4) is 11.5 Å². The third-order valence-electron chi connectivity index (χ3n) is 3.18. The molecule has 1 rings (SSSR count). The fourth-order valence-electron chi connectivity index (χ4n) is 1.84.